The topological polar surface area (TPSA) is 24.9 Å². The van der Waals surface area contributed by atoms with Crippen LogP contribution in [0.1, 0.15) is 29.1 Å². The molecule has 0 aliphatic heterocycles. The summed E-state index contributed by atoms with van der Waals surface area (Å²) in [5, 5.41) is 5.68. The summed E-state index contributed by atoms with van der Waals surface area (Å²) < 4.78 is 1.17. The van der Waals surface area contributed by atoms with Crippen molar-refractivity contribution in [3.05, 3.63) is 50.4 Å². The summed E-state index contributed by atoms with van der Waals surface area (Å²) in [5.74, 6) is 0. The normalized spacial score (nSPS) is 12.6. The van der Waals surface area contributed by atoms with E-state index in [1.165, 1.54) is 14.9 Å². The second-order valence-corrected chi connectivity index (χ2v) is 6.14. The minimum atomic E-state index is 0.342. The van der Waals surface area contributed by atoms with Gasteiger partial charge in [-0.1, -0.05) is 13.0 Å². The molecule has 2 heterocycles. The Labute approximate surface area is 121 Å². The molecule has 96 valence electrons. The Balaban J connectivity index is 2.20. The smallest absolute Gasteiger partial charge is 0.0420 e. The molecular weight excluding hydrogens is 308 g/mol. The van der Waals surface area contributed by atoms with Gasteiger partial charge in [-0.3, -0.25) is 4.98 Å². The average molecular weight is 325 g/mol. The minimum Gasteiger partial charge on any atom is -0.310 e. The van der Waals surface area contributed by atoms with Crippen molar-refractivity contribution >= 4 is 27.3 Å². The van der Waals surface area contributed by atoms with Crippen LogP contribution in [0.15, 0.2) is 34.2 Å². The predicted octanol–water partition coefficient (Wildman–Crippen LogP) is 4.11. The number of rotatable bonds is 5. The van der Waals surface area contributed by atoms with Crippen molar-refractivity contribution in [2.24, 2.45) is 0 Å². The van der Waals surface area contributed by atoms with Crippen molar-refractivity contribution in [2.75, 3.05) is 6.54 Å². The Morgan fingerprint density at radius 1 is 1.50 bits per heavy atom. The van der Waals surface area contributed by atoms with Gasteiger partial charge in [0.2, 0.25) is 0 Å². The van der Waals surface area contributed by atoms with Gasteiger partial charge in [-0.05, 0) is 47.1 Å². The SMILES string of the molecule is CCNC(Cc1cc(Br)cs1)c1cccnc1C. The number of halogens is 1. The molecule has 1 unspecified atom stereocenters. The zero-order valence-corrected chi connectivity index (χ0v) is 13.0. The first-order chi connectivity index (χ1) is 8.70. The van der Waals surface area contributed by atoms with Crippen LogP contribution in [0.25, 0.3) is 0 Å². The van der Waals surface area contributed by atoms with Crippen molar-refractivity contribution < 1.29 is 0 Å². The molecule has 0 aromatic carbocycles. The molecule has 1 atom stereocenters. The van der Waals surface area contributed by atoms with E-state index in [0.717, 1.165) is 18.7 Å². The lowest BCUT2D eigenvalue weighted by atomic mass is 10.0. The van der Waals surface area contributed by atoms with Crippen LogP contribution in [-0.2, 0) is 6.42 Å². The lowest BCUT2D eigenvalue weighted by Crippen LogP contribution is -2.23. The standard InChI is InChI=1S/C14H17BrN2S/c1-3-16-14(8-12-7-11(15)9-18-12)13-5-4-6-17-10(13)2/h4-7,9,14,16H,3,8H2,1-2H3. The van der Waals surface area contributed by atoms with Crippen LogP contribution in [0.5, 0.6) is 0 Å². The number of nitrogens with one attached hydrogen (secondary N) is 1. The van der Waals surface area contributed by atoms with Gasteiger partial charge in [0.25, 0.3) is 0 Å². The molecule has 0 aliphatic rings. The highest BCUT2D eigenvalue weighted by Gasteiger charge is 2.14. The first kappa shape index (κ1) is 13.7. The van der Waals surface area contributed by atoms with Crippen molar-refractivity contribution in [3.8, 4) is 0 Å². The van der Waals surface area contributed by atoms with Gasteiger partial charge in [0, 0.05) is 39.1 Å². The number of hydrogen-bond donors (Lipinski definition) is 1. The molecule has 2 nitrogen and oxygen atoms in total. The molecule has 18 heavy (non-hydrogen) atoms. The highest BCUT2D eigenvalue weighted by Crippen LogP contribution is 2.26. The van der Waals surface area contributed by atoms with Crippen molar-refractivity contribution in [2.45, 2.75) is 26.3 Å². The van der Waals surface area contributed by atoms with Crippen LogP contribution >= 0.6 is 27.3 Å². The number of hydrogen-bond acceptors (Lipinski definition) is 3. The third kappa shape index (κ3) is 3.40. The summed E-state index contributed by atoms with van der Waals surface area (Å²) in [6, 6.07) is 6.71. The van der Waals surface area contributed by atoms with Gasteiger partial charge in [-0.2, -0.15) is 0 Å². The second-order valence-electron chi connectivity index (χ2n) is 4.22. The largest absolute Gasteiger partial charge is 0.310 e. The summed E-state index contributed by atoms with van der Waals surface area (Å²) in [6.07, 6.45) is 2.86. The molecule has 0 spiro atoms. The van der Waals surface area contributed by atoms with E-state index in [-0.39, 0.29) is 0 Å². The summed E-state index contributed by atoms with van der Waals surface area (Å²) in [6.45, 7) is 5.18. The molecule has 4 heteroatoms. The fourth-order valence-corrected chi connectivity index (χ4v) is 3.56. The van der Waals surface area contributed by atoms with E-state index in [9.17, 15) is 0 Å². The van der Waals surface area contributed by atoms with Gasteiger partial charge in [-0.25, -0.2) is 0 Å². The van der Waals surface area contributed by atoms with E-state index in [4.69, 9.17) is 0 Å². The summed E-state index contributed by atoms with van der Waals surface area (Å²) >= 11 is 5.31. The van der Waals surface area contributed by atoms with E-state index >= 15 is 0 Å². The fraction of sp³-hybridized carbons (Fsp3) is 0.357. The van der Waals surface area contributed by atoms with Crippen LogP contribution in [0.4, 0.5) is 0 Å². The quantitative estimate of drug-likeness (QED) is 0.895. The number of pyridine rings is 1. The fourth-order valence-electron chi connectivity index (χ4n) is 2.07. The number of nitrogens with zero attached hydrogens (tertiary/aromatic N) is 1. The molecule has 0 saturated carbocycles. The van der Waals surface area contributed by atoms with Crippen LogP contribution in [0.2, 0.25) is 0 Å². The number of aromatic nitrogens is 1. The lowest BCUT2D eigenvalue weighted by molar-refractivity contribution is 0.548. The molecule has 0 bridgehead atoms. The predicted molar refractivity (Wildman–Crippen MR) is 81.1 cm³/mol. The first-order valence-electron chi connectivity index (χ1n) is 6.08. The molecular formula is C14H17BrN2S. The van der Waals surface area contributed by atoms with E-state index in [1.54, 1.807) is 11.3 Å². The maximum Gasteiger partial charge on any atom is 0.0420 e. The van der Waals surface area contributed by atoms with Crippen molar-refractivity contribution in [1.29, 1.82) is 0 Å². The average Bonchev–Trinajstić information content (AvgIpc) is 2.75. The molecule has 2 aromatic rings. The Morgan fingerprint density at radius 3 is 2.94 bits per heavy atom. The zero-order chi connectivity index (χ0) is 13.0. The highest BCUT2D eigenvalue weighted by atomic mass is 79.9. The highest BCUT2D eigenvalue weighted by molar-refractivity contribution is 9.10. The zero-order valence-electron chi connectivity index (χ0n) is 10.6. The Kier molecular flexibility index (Phi) is 4.92. The molecule has 0 saturated heterocycles. The molecule has 0 fully saturated rings. The lowest BCUT2D eigenvalue weighted by Gasteiger charge is -2.19. The Morgan fingerprint density at radius 2 is 2.33 bits per heavy atom. The summed E-state index contributed by atoms with van der Waals surface area (Å²) in [7, 11) is 0. The third-order valence-corrected chi connectivity index (χ3v) is 4.62. The third-order valence-electron chi connectivity index (χ3n) is 2.90. The van der Waals surface area contributed by atoms with Crippen molar-refractivity contribution in [3.63, 3.8) is 0 Å². The Hall–Kier alpha value is -0.710. The molecule has 0 aliphatic carbocycles. The maximum absolute atomic E-state index is 4.38. The van der Waals surface area contributed by atoms with Crippen LogP contribution in [0.3, 0.4) is 0 Å². The Bertz CT molecular complexity index is 510. The van der Waals surface area contributed by atoms with E-state index < -0.39 is 0 Å². The molecule has 0 amide bonds. The minimum absolute atomic E-state index is 0.342. The molecule has 2 aromatic heterocycles. The van der Waals surface area contributed by atoms with E-state index in [1.807, 2.05) is 12.3 Å². The van der Waals surface area contributed by atoms with Crippen LogP contribution in [-0.4, -0.2) is 11.5 Å². The number of thiophene rings is 1. The molecule has 1 N–H and O–H groups in total. The monoisotopic (exact) mass is 324 g/mol. The van der Waals surface area contributed by atoms with Gasteiger partial charge in [0.05, 0.1) is 0 Å². The van der Waals surface area contributed by atoms with E-state index in [2.05, 4.69) is 57.6 Å². The van der Waals surface area contributed by atoms with Gasteiger partial charge in [0.1, 0.15) is 0 Å². The van der Waals surface area contributed by atoms with E-state index in [0.29, 0.717) is 6.04 Å². The number of likely N-dealkylation sites (N-methyl/N-ethyl adjacent to an activating group) is 1. The van der Waals surface area contributed by atoms with Gasteiger partial charge >= 0.3 is 0 Å². The summed E-state index contributed by atoms with van der Waals surface area (Å²) in [5.41, 5.74) is 2.41. The maximum atomic E-state index is 4.38. The number of aryl methyl sites for hydroxylation is 1. The second kappa shape index (κ2) is 6.45. The van der Waals surface area contributed by atoms with Gasteiger partial charge < -0.3 is 5.32 Å². The van der Waals surface area contributed by atoms with Crippen molar-refractivity contribution in [1.82, 2.24) is 10.3 Å². The van der Waals surface area contributed by atoms with Crippen LogP contribution < -0.4 is 5.32 Å². The van der Waals surface area contributed by atoms with Gasteiger partial charge in [-0.15, -0.1) is 11.3 Å². The molecule has 0 radical (unpaired) electrons. The van der Waals surface area contributed by atoms with Crippen LogP contribution in [0, 0.1) is 6.92 Å². The van der Waals surface area contributed by atoms with Gasteiger partial charge in [0.15, 0.2) is 0 Å². The first-order valence-corrected chi connectivity index (χ1v) is 7.75. The summed E-state index contributed by atoms with van der Waals surface area (Å²) in [4.78, 5) is 5.77. The molecule has 2 rings (SSSR count).